The zero-order valence-corrected chi connectivity index (χ0v) is 11.9. The monoisotopic (exact) mass is 271 g/mol. The SMILES string of the molecule is Cc1ccc(CN(C)c2ccc(C(N)=S)cn2)cc1. The molecule has 0 aliphatic carbocycles. The normalized spacial score (nSPS) is 10.2. The summed E-state index contributed by atoms with van der Waals surface area (Å²) in [6.07, 6.45) is 1.71. The van der Waals surface area contributed by atoms with Gasteiger partial charge in [0.25, 0.3) is 0 Å². The van der Waals surface area contributed by atoms with Crippen molar-refractivity contribution in [3.63, 3.8) is 0 Å². The Hall–Kier alpha value is -1.94. The van der Waals surface area contributed by atoms with Crippen LogP contribution in [0.5, 0.6) is 0 Å². The highest BCUT2D eigenvalue weighted by molar-refractivity contribution is 7.80. The average Bonchev–Trinajstić information content (AvgIpc) is 2.41. The Kier molecular flexibility index (Phi) is 4.12. The Balaban J connectivity index is 2.09. The van der Waals surface area contributed by atoms with E-state index in [-0.39, 0.29) is 0 Å². The van der Waals surface area contributed by atoms with E-state index >= 15 is 0 Å². The smallest absolute Gasteiger partial charge is 0.128 e. The molecule has 0 atom stereocenters. The summed E-state index contributed by atoms with van der Waals surface area (Å²) in [5.74, 6) is 0.903. The van der Waals surface area contributed by atoms with Gasteiger partial charge in [0.2, 0.25) is 0 Å². The Morgan fingerprint density at radius 1 is 1.21 bits per heavy atom. The first-order valence-electron chi connectivity index (χ1n) is 6.09. The van der Waals surface area contributed by atoms with E-state index in [1.54, 1.807) is 6.20 Å². The van der Waals surface area contributed by atoms with Crippen molar-refractivity contribution < 1.29 is 0 Å². The lowest BCUT2D eigenvalue weighted by Gasteiger charge is -2.18. The van der Waals surface area contributed by atoms with E-state index in [4.69, 9.17) is 18.0 Å². The van der Waals surface area contributed by atoms with Gasteiger partial charge in [0, 0.05) is 25.4 Å². The van der Waals surface area contributed by atoms with Crippen LogP contribution in [0.1, 0.15) is 16.7 Å². The van der Waals surface area contributed by atoms with Gasteiger partial charge in [0.15, 0.2) is 0 Å². The van der Waals surface area contributed by atoms with Crippen LogP contribution >= 0.6 is 12.2 Å². The Morgan fingerprint density at radius 2 is 1.89 bits per heavy atom. The Morgan fingerprint density at radius 3 is 2.42 bits per heavy atom. The van der Waals surface area contributed by atoms with Crippen molar-refractivity contribution in [2.24, 2.45) is 5.73 Å². The summed E-state index contributed by atoms with van der Waals surface area (Å²) in [5, 5.41) is 0. The second-order valence-electron chi connectivity index (χ2n) is 4.61. The van der Waals surface area contributed by atoms with Gasteiger partial charge in [-0.15, -0.1) is 0 Å². The fourth-order valence-corrected chi connectivity index (χ4v) is 1.93. The van der Waals surface area contributed by atoms with Gasteiger partial charge >= 0.3 is 0 Å². The zero-order valence-electron chi connectivity index (χ0n) is 11.1. The van der Waals surface area contributed by atoms with Crippen LogP contribution in [0, 0.1) is 6.92 Å². The van der Waals surface area contributed by atoms with Crippen molar-refractivity contribution in [2.45, 2.75) is 13.5 Å². The minimum Gasteiger partial charge on any atom is -0.389 e. The van der Waals surface area contributed by atoms with E-state index in [1.807, 2.05) is 19.2 Å². The molecule has 2 rings (SSSR count). The molecule has 98 valence electrons. The van der Waals surface area contributed by atoms with Crippen molar-refractivity contribution in [1.82, 2.24) is 4.98 Å². The maximum atomic E-state index is 5.56. The van der Waals surface area contributed by atoms with Gasteiger partial charge in [-0.05, 0) is 24.6 Å². The number of nitrogens with zero attached hydrogens (tertiary/aromatic N) is 2. The van der Waals surface area contributed by atoms with Crippen molar-refractivity contribution >= 4 is 23.0 Å². The maximum Gasteiger partial charge on any atom is 0.128 e. The summed E-state index contributed by atoms with van der Waals surface area (Å²) >= 11 is 4.91. The number of benzene rings is 1. The van der Waals surface area contributed by atoms with Crippen LogP contribution in [0.3, 0.4) is 0 Å². The molecular weight excluding hydrogens is 254 g/mol. The van der Waals surface area contributed by atoms with Crippen LogP contribution in [0.2, 0.25) is 0 Å². The van der Waals surface area contributed by atoms with Crippen LogP contribution in [0.25, 0.3) is 0 Å². The molecule has 2 aromatic rings. The standard InChI is InChI=1S/C15H17N3S/c1-11-3-5-12(6-4-11)10-18(2)14-8-7-13(9-17-14)15(16)19/h3-9H,10H2,1-2H3,(H2,16,19). The van der Waals surface area contributed by atoms with E-state index < -0.39 is 0 Å². The summed E-state index contributed by atoms with van der Waals surface area (Å²) in [5.41, 5.74) is 8.88. The molecule has 3 nitrogen and oxygen atoms in total. The second kappa shape index (κ2) is 5.80. The number of anilines is 1. The summed E-state index contributed by atoms with van der Waals surface area (Å²) in [7, 11) is 2.02. The minimum atomic E-state index is 0.375. The van der Waals surface area contributed by atoms with E-state index in [0.29, 0.717) is 4.99 Å². The summed E-state index contributed by atoms with van der Waals surface area (Å²) < 4.78 is 0. The molecule has 0 aliphatic heterocycles. The number of thiocarbonyl (C=S) groups is 1. The van der Waals surface area contributed by atoms with Gasteiger partial charge < -0.3 is 10.6 Å². The predicted octanol–water partition coefficient (Wildman–Crippen LogP) is 2.66. The number of rotatable bonds is 4. The molecule has 2 N–H and O–H groups in total. The van der Waals surface area contributed by atoms with Gasteiger partial charge in [0.05, 0.1) is 0 Å². The first-order chi connectivity index (χ1) is 9.06. The highest BCUT2D eigenvalue weighted by atomic mass is 32.1. The van der Waals surface area contributed by atoms with Crippen molar-refractivity contribution in [1.29, 1.82) is 0 Å². The number of aryl methyl sites for hydroxylation is 1. The van der Waals surface area contributed by atoms with E-state index in [0.717, 1.165) is 17.9 Å². The molecular formula is C15H17N3S. The maximum absolute atomic E-state index is 5.56. The second-order valence-corrected chi connectivity index (χ2v) is 5.05. The third kappa shape index (κ3) is 3.51. The van der Waals surface area contributed by atoms with E-state index in [9.17, 15) is 0 Å². The number of hydrogen-bond donors (Lipinski definition) is 1. The zero-order chi connectivity index (χ0) is 13.8. The van der Waals surface area contributed by atoms with Crippen molar-refractivity contribution in [3.8, 4) is 0 Å². The molecule has 19 heavy (non-hydrogen) atoms. The number of aromatic nitrogens is 1. The lowest BCUT2D eigenvalue weighted by molar-refractivity contribution is 0.897. The molecule has 0 radical (unpaired) electrons. The molecule has 0 spiro atoms. The largest absolute Gasteiger partial charge is 0.389 e. The first-order valence-corrected chi connectivity index (χ1v) is 6.49. The Labute approximate surface area is 119 Å². The number of nitrogens with two attached hydrogens (primary N) is 1. The van der Waals surface area contributed by atoms with Gasteiger partial charge in [-0.1, -0.05) is 42.0 Å². The third-order valence-electron chi connectivity index (χ3n) is 2.96. The van der Waals surface area contributed by atoms with Crippen LogP contribution in [-0.4, -0.2) is 17.0 Å². The highest BCUT2D eigenvalue weighted by Crippen LogP contribution is 2.13. The molecule has 1 aromatic heterocycles. The van der Waals surface area contributed by atoms with Gasteiger partial charge in [-0.25, -0.2) is 4.98 Å². The molecule has 4 heteroatoms. The van der Waals surface area contributed by atoms with Crippen LogP contribution in [0.4, 0.5) is 5.82 Å². The molecule has 1 heterocycles. The summed E-state index contributed by atoms with van der Waals surface area (Å²) in [4.78, 5) is 6.84. The van der Waals surface area contributed by atoms with Crippen LogP contribution in [-0.2, 0) is 6.54 Å². The summed E-state index contributed by atoms with van der Waals surface area (Å²) in [6.45, 7) is 2.91. The minimum absolute atomic E-state index is 0.375. The third-order valence-corrected chi connectivity index (χ3v) is 3.20. The lowest BCUT2D eigenvalue weighted by atomic mass is 10.1. The molecule has 0 fully saturated rings. The van der Waals surface area contributed by atoms with Gasteiger partial charge in [-0.3, -0.25) is 0 Å². The molecule has 1 aromatic carbocycles. The van der Waals surface area contributed by atoms with E-state index in [2.05, 4.69) is 41.1 Å². The lowest BCUT2D eigenvalue weighted by Crippen LogP contribution is -2.18. The first kappa shape index (κ1) is 13.5. The van der Waals surface area contributed by atoms with Crippen molar-refractivity contribution in [3.05, 3.63) is 59.3 Å². The molecule has 0 unspecified atom stereocenters. The fraction of sp³-hybridized carbons (Fsp3) is 0.200. The van der Waals surface area contributed by atoms with E-state index in [1.165, 1.54) is 11.1 Å². The number of hydrogen-bond acceptors (Lipinski definition) is 3. The quantitative estimate of drug-likeness (QED) is 0.868. The van der Waals surface area contributed by atoms with Crippen LogP contribution in [0.15, 0.2) is 42.6 Å². The molecule has 0 saturated carbocycles. The van der Waals surface area contributed by atoms with Crippen LogP contribution < -0.4 is 10.6 Å². The molecule has 0 bridgehead atoms. The van der Waals surface area contributed by atoms with Gasteiger partial charge in [-0.2, -0.15) is 0 Å². The fourth-order valence-electron chi connectivity index (χ4n) is 1.81. The summed E-state index contributed by atoms with van der Waals surface area (Å²) in [6, 6.07) is 12.3. The predicted molar refractivity (Wildman–Crippen MR) is 83.4 cm³/mol. The molecule has 0 amide bonds. The van der Waals surface area contributed by atoms with Crippen molar-refractivity contribution in [2.75, 3.05) is 11.9 Å². The number of pyridine rings is 1. The Bertz CT molecular complexity index is 561. The topological polar surface area (TPSA) is 42.1 Å². The molecule has 0 saturated heterocycles. The molecule has 0 aliphatic rings. The average molecular weight is 271 g/mol. The highest BCUT2D eigenvalue weighted by Gasteiger charge is 2.04. The van der Waals surface area contributed by atoms with Gasteiger partial charge in [0.1, 0.15) is 10.8 Å².